The van der Waals surface area contributed by atoms with Crippen LogP contribution in [0.1, 0.15) is 37.7 Å². The Hall–Kier alpha value is -1.41. The van der Waals surface area contributed by atoms with Gasteiger partial charge in [0.25, 0.3) is 0 Å². The van der Waals surface area contributed by atoms with Crippen LogP contribution in [-0.2, 0) is 20.0 Å². The van der Waals surface area contributed by atoms with Crippen LogP contribution in [0, 0.1) is 0 Å². The first kappa shape index (κ1) is 19.9. The SMILES string of the molecule is O=C(CSC1CCS(=O)(=O)C1)NCC1(c2ccc3c(c2)OCCO3)CCCC1. The number of amides is 1. The van der Waals surface area contributed by atoms with E-state index in [2.05, 4.69) is 17.4 Å². The predicted octanol–water partition coefficient (Wildman–Crippen LogP) is 2.31. The highest BCUT2D eigenvalue weighted by molar-refractivity contribution is 8.02. The standard InChI is InChI=1S/C20H27NO5S2/c22-19(12-27-16-5-10-28(23,24)13-16)21-14-20(6-1-2-7-20)15-3-4-17-18(11-15)26-9-8-25-17/h3-4,11,16H,1-2,5-10,12-14H2,(H,21,22). The van der Waals surface area contributed by atoms with E-state index in [0.29, 0.717) is 31.9 Å². The monoisotopic (exact) mass is 425 g/mol. The van der Waals surface area contributed by atoms with Crippen molar-refractivity contribution < 1.29 is 22.7 Å². The summed E-state index contributed by atoms with van der Waals surface area (Å²) in [6.45, 7) is 1.75. The van der Waals surface area contributed by atoms with E-state index in [-0.39, 0.29) is 28.1 Å². The fraction of sp³-hybridized carbons (Fsp3) is 0.650. The van der Waals surface area contributed by atoms with E-state index >= 15 is 0 Å². The van der Waals surface area contributed by atoms with Crippen molar-refractivity contribution in [3.05, 3.63) is 23.8 Å². The van der Waals surface area contributed by atoms with E-state index in [9.17, 15) is 13.2 Å². The summed E-state index contributed by atoms with van der Waals surface area (Å²) in [5.74, 6) is 2.33. The molecule has 1 aromatic carbocycles. The van der Waals surface area contributed by atoms with Crippen molar-refractivity contribution in [2.45, 2.75) is 42.8 Å². The van der Waals surface area contributed by atoms with Crippen molar-refractivity contribution in [1.82, 2.24) is 5.32 Å². The number of carbonyl (C=O) groups excluding carboxylic acids is 1. The minimum Gasteiger partial charge on any atom is -0.486 e. The quantitative estimate of drug-likeness (QED) is 0.753. The number of fused-ring (bicyclic) bond motifs is 1. The van der Waals surface area contributed by atoms with Gasteiger partial charge in [-0.05, 0) is 37.0 Å². The van der Waals surface area contributed by atoms with Crippen molar-refractivity contribution >= 4 is 27.5 Å². The lowest BCUT2D eigenvalue weighted by molar-refractivity contribution is -0.118. The molecule has 154 valence electrons. The predicted molar refractivity (Wildman–Crippen MR) is 110 cm³/mol. The van der Waals surface area contributed by atoms with Crippen molar-refractivity contribution in [2.75, 3.05) is 37.0 Å². The summed E-state index contributed by atoms with van der Waals surface area (Å²) in [7, 11) is -2.90. The van der Waals surface area contributed by atoms with Gasteiger partial charge in [-0.1, -0.05) is 18.9 Å². The molecule has 2 aliphatic heterocycles. The molecule has 0 spiro atoms. The highest BCUT2D eigenvalue weighted by atomic mass is 32.2. The van der Waals surface area contributed by atoms with Crippen LogP contribution in [0.5, 0.6) is 11.5 Å². The second-order valence-electron chi connectivity index (χ2n) is 7.96. The number of ether oxygens (including phenoxy) is 2. The molecule has 0 aromatic heterocycles. The van der Waals surface area contributed by atoms with Crippen LogP contribution in [0.3, 0.4) is 0 Å². The lowest BCUT2D eigenvalue weighted by atomic mass is 9.78. The average molecular weight is 426 g/mol. The number of rotatable bonds is 6. The molecule has 3 aliphatic rings. The second-order valence-corrected chi connectivity index (χ2v) is 11.5. The van der Waals surface area contributed by atoms with Gasteiger partial charge in [-0.15, -0.1) is 11.8 Å². The van der Waals surface area contributed by atoms with E-state index in [1.807, 2.05) is 6.07 Å². The van der Waals surface area contributed by atoms with Gasteiger partial charge in [-0.3, -0.25) is 4.79 Å². The van der Waals surface area contributed by atoms with E-state index in [1.54, 1.807) is 0 Å². The zero-order valence-corrected chi connectivity index (χ0v) is 17.6. The normalized spacial score (nSPS) is 24.8. The Balaban J connectivity index is 1.36. The molecule has 2 heterocycles. The molecule has 2 fully saturated rings. The van der Waals surface area contributed by atoms with Gasteiger partial charge in [0, 0.05) is 17.2 Å². The van der Waals surface area contributed by atoms with E-state index in [4.69, 9.17) is 9.47 Å². The zero-order valence-electron chi connectivity index (χ0n) is 15.9. The van der Waals surface area contributed by atoms with Crippen LogP contribution in [0.4, 0.5) is 0 Å². The lowest BCUT2D eigenvalue weighted by Crippen LogP contribution is -2.40. The molecular weight excluding hydrogens is 398 g/mol. The van der Waals surface area contributed by atoms with Crippen LogP contribution in [0.15, 0.2) is 18.2 Å². The molecule has 1 amide bonds. The number of nitrogens with one attached hydrogen (secondary N) is 1. The van der Waals surface area contributed by atoms with Crippen LogP contribution >= 0.6 is 11.8 Å². The van der Waals surface area contributed by atoms with Crippen molar-refractivity contribution in [2.24, 2.45) is 0 Å². The Kier molecular flexibility index (Phi) is 5.78. The molecule has 8 heteroatoms. The molecular formula is C20H27NO5S2. The highest BCUT2D eigenvalue weighted by Gasteiger charge is 2.37. The molecule has 1 atom stereocenters. The van der Waals surface area contributed by atoms with Crippen molar-refractivity contribution in [3.8, 4) is 11.5 Å². The van der Waals surface area contributed by atoms with Gasteiger partial charge in [0.15, 0.2) is 21.3 Å². The summed E-state index contributed by atoms with van der Waals surface area (Å²) in [6.07, 6.45) is 5.04. The van der Waals surface area contributed by atoms with E-state index in [1.165, 1.54) is 17.3 Å². The summed E-state index contributed by atoms with van der Waals surface area (Å²) >= 11 is 1.46. The first-order valence-electron chi connectivity index (χ1n) is 9.95. The number of hydrogen-bond donors (Lipinski definition) is 1. The Bertz CT molecular complexity index is 833. The molecule has 1 saturated heterocycles. The maximum atomic E-state index is 12.4. The molecule has 1 N–H and O–H groups in total. The molecule has 6 nitrogen and oxygen atoms in total. The molecule has 1 unspecified atom stereocenters. The third-order valence-electron chi connectivity index (χ3n) is 5.98. The van der Waals surface area contributed by atoms with E-state index in [0.717, 1.165) is 37.2 Å². The Morgan fingerprint density at radius 2 is 1.93 bits per heavy atom. The smallest absolute Gasteiger partial charge is 0.230 e. The van der Waals surface area contributed by atoms with Crippen molar-refractivity contribution in [1.29, 1.82) is 0 Å². The largest absolute Gasteiger partial charge is 0.486 e. The van der Waals surface area contributed by atoms with Gasteiger partial charge in [0.2, 0.25) is 5.91 Å². The van der Waals surface area contributed by atoms with Crippen LogP contribution in [0.2, 0.25) is 0 Å². The van der Waals surface area contributed by atoms with Gasteiger partial charge in [0.1, 0.15) is 13.2 Å². The summed E-state index contributed by atoms with van der Waals surface area (Å²) < 4.78 is 34.5. The Morgan fingerprint density at radius 3 is 2.64 bits per heavy atom. The minimum atomic E-state index is -2.90. The van der Waals surface area contributed by atoms with Crippen LogP contribution in [-0.4, -0.2) is 56.6 Å². The first-order chi connectivity index (χ1) is 13.5. The molecule has 1 saturated carbocycles. The third-order valence-corrected chi connectivity index (χ3v) is 9.26. The number of thioether (sulfide) groups is 1. The number of benzene rings is 1. The van der Waals surface area contributed by atoms with Gasteiger partial charge in [0.05, 0.1) is 17.3 Å². The van der Waals surface area contributed by atoms with Crippen LogP contribution in [0.25, 0.3) is 0 Å². The maximum Gasteiger partial charge on any atom is 0.230 e. The number of carbonyl (C=O) groups is 1. The van der Waals surface area contributed by atoms with Gasteiger partial charge in [-0.25, -0.2) is 8.42 Å². The first-order valence-corrected chi connectivity index (χ1v) is 12.8. The Morgan fingerprint density at radius 1 is 1.18 bits per heavy atom. The summed E-state index contributed by atoms with van der Waals surface area (Å²) in [5, 5.41) is 3.16. The highest BCUT2D eigenvalue weighted by Crippen LogP contribution is 2.43. The summed E-state index contributed by atoms with van der Waals surface area (Å²) in [5.41, 5.74) is 1.14. The summed E-state index contributed by atoms with van der Waals surface area (Å²) in [4.78, 5) is 12.4. The molecule has 4 rings (SSSR count). The van der Waals surface area contributed by atoms with Gasteiger partial charge >= 0.3 is 0 Å². The van der Waals surface area contributed by atoms with Crippen molar-refractivity contribution in [3.63, 3.8) is 0 Å². The van der Waals surface area contributed by atoms with E-state index < -0.39 is 9.84 Å². The van der Waals surface area contributed by atoms with Crippen LogP contribution < -0.4 is 14.8 Å². The second kappa shape index (κ2) is 8.14. The minimum absolute atomic E-state index is 0.0156. The van der Waals surface area contributed by atoms with Gasteiger partial charge in [-0.2, -0.15) is 0 Å². The molecule has 28 heavy (non-hydrogen) atoms. The zero-order chi connectivity index (χ0) is 19.6. The molecule has 0 radical (unpaired) electrons. The molecule has 0 bridgehead atoms. The third kappa shape index (κ3) is 4.43. The fourth-order valence-electron chi connectivity index (χ4n) is 4.40. The molecule has 1 aliphatic carbocycles. The lowest BCUT2D eigenvalue weighted by Gasteiger charge is -2.31. The number of hydrogen-bond acceptors (Lipinski definition) is 6. The number of sulfone groups is 1. The Labute approximate surface area is 170 Å². The van der Waals surface area contributed by atoms with Gasteiger partial charge < -0.3 is 14.8 Å². The summed E-state index contributed by atoms with van der Waals surface area (Å²) in [6, 6.07) is 6.15. The average Bonchev–Trinajstić information content (AvgIpc) is 3.31. The maximum absolute atomic E-state index is 12.4. The topological polar surface area (TPSA) is 81.7 Å². The molecule has 1 aromatic rings. The fourth-order valence-corrected chi connectivity index (χ4v) is 7.87.